The lowest BCUT2D eigenvalue weighted by Crippen LogP contribution is -2.47. The highest BCUT2D eigenvalue weighted by atomic mass is 32.2. The number of carbonyl (C=O) groups excluding carboxylic acids is 2. The van der Waals surface area contributed by atoms with Crippen molar-refractivity contribution >= 4 is 23.7 Å². The topological polar surface area (TPSA) is 93.1 Å². The van der Waals surface area contributed by atoms with E-state index in [2.05, 4.69) is 83.1 Å². The summed E-state index contributed by atoms with van der Waals surface area (Å²) >= 11 is 1.63. The molecule has 0 aromatic rings. The largest absolute Gasteiger partial charge is 0.465 e. The molecule has 2 rings (SSSR count). The third-order valence-electron chi connectivity index (χ3n) is 10.9. The van der Waals surface area contributed by atoms with Gasteiger partial charge in [0.1, 0.15) is 13.2 Å². The van der Waals surface area contributed by atoms with Crippen molar-refractivity contribution in [2.75, 3.05) is 24.7 Å². The van der Waals surface area contributed by atoms with E-state index >= 15 is 0 Å². The Morgan fingerprint density at radius 1 is 0.556 bits per heavy atom. The molecule has 5 unspecified atom stereocenters. The zero-order valence-electron chi connectivity index (χ0n) is 31.0. The quantitative estimate of drug-likeness (QED) is 0.161. The van der Waals surface area contributed by atoms with E-state index in [1.165, 1.54) is 0 Å². The SMILES string of the molecule is CC(C)(C)C1CC(CCC(=O)OCCSCCOC(=O)CCC2CC(C(C)(C)C)C(O)[C@H](C(C)(C)C)C2)CC(C(C)(C)C)C1O. The Kier molecular flexibility index (Phi) is 14.8. The minimum atomic E-state index is -0.307. The van der Waals surface area contributed by atoms with Crippen molar-refractivity contribution in [2.24, 2.45) is 57.2 Å². The Labute approximate surface area is 280 Å². The Balaban J connectivity index is 1.64. The van der Waals surface area contributed by atoms with Gasteiger partial charge in [0.15, 0.2) is 0 Å². The maximum absolute atomic E-state index is 12.5. The minimum Gasteiger partial charge on any atom is -0.465 e. The van der Waals surface area contributed by atoms with Gasteiger partial charge in [0.2, 0.25) is 0 Å². The van der Waals surface area contributed by atoms with Gasteiger partial charge in [-0.3, -0.25) is 9.59 Å². The normalized spacial score (nSPS) is 30.2. The van der Waals surface area contributed by atoms with Gasteiger partial charge in [0.05, 0.1) is 12.2 Å². The number of ether oxygens (including phenoxy) is 2. The molecule has 264 valence electrons. The molecule has 7 heteroatoms. The standard InChI is InChI=1S/C38H70O6S/c1-35(2,3)27-21-25(22-28(33(27)41)36(4,5)6)13-15-31(39)43-17-19-45-20-18-44-32(40)16-14-26-23-29(37(7,8)9)34(42)30(24-26)38(10,11)12/h25-30,33-34,41-42H,13-24H2,1-12H3/t25?,26?,27-,28?,29?,30?,33?,34?/m1/s1. The lowest BCUT2D eigenvalue weighted by molar-refractivity contribution is -0.144. The smallest absolute Gasteiger partial charge is 0.305 e. The molecule has 6 atom stereocenters. The molecule has 6 nitrogen and oxygen atoms in total. The fraction of sp³-hybridized carbons (Fsp3) is 0.947. The Bertz CT molecular complexity index is 798. The van der Waals surface area contributed by atoms with E-state index in [9.17, 15) is 19.8 Å². The molecule has 2 fully saturated rings. The molecular formula is C38H70O6S. The van der Waals surface area contributed by atoms with Crippen molar-refractivity contribution in [2.45, 2.75) is 147 Å². The van der Waals surface area contributed by atoms with Crippen molar-refractivity contribution in [3.05, 3.63) is 0 Å². The third-order valence-corrected chi connectivity index (χ3v) is 11.9. The zero-order valence-corrected chi connectivity index (χ0v) is 31.9. The van der Waals surface area contributed by atoms with Crippen molar-refractivity contribution in [3.8, 4) is 0 Å². The number of esters is 2. The van der Waals surface area contributed by atoms with Crippen LogP contribution < -0.4 is 0 Å². The van der Waals surface area contributed by atoms with Gasteiger partial charge in [0, 0.05) is 24.3 Å². The van der Waals surface area contributed by atoms with E-state index in [4.69, 9.17) is 9.47 Å². The van der Waals surface area contributed by atoms with Crippen LogP contribution in [0.25, 0.3) is 0 Å². The molecule has 2 aliphatic rings. The molecule has 0 bridgehead atoms. The molecule has 0 spiro atoms. The first-order chi connectivity index (χ1) is 20.5. The van der Waals surface area contributed by atoms with Crippen molar-refractivity contribution in [3.63, 3.8) is 0 Å². The van der Waals surface area contributed by atoms with Gasteiger partial charge >= 0.3 is 11.9 Å². The van der Waals surface area contributed by atoms with E-state index in [1.54, 1.807) is 11.8 Å². The number of rotatable bonds is 12. The van der Waals surface area contributed by atoms with E-state index in [0.29, 0.717) is 49.4 Å². The number of aliphatic hydroxyl groups excluding tert-OH is 2. The average molecular weight is 655 g/mol. The molecule has 2 aliphatic carbocycles. The number of aliphatic hydroxyl groups is 2. The van der Waals surface area contributed by atoms with Crippen molar-refractivity contribution < 1.29 is 29.3 Å². The number of hydrogen-bond donors (Lipinski definition) is 2. The van der Waals surface area contributed by atoms with Crippen LogP contribution >= 0.6 is 11.8 Å². The fourth-order valence-electron chi connectivity index (χ4n) is 8.00. The average Bonchev–Trinajstić information content (AvgIpc) is 2.88. The van der Waals surface area contributed by atoms with Crippen molar-refractivity contribution in [1.29, 1.82) is 0 Å². The van der Waals surface area contributed by atoms with E-state index in [-0.39, 0.29) is 69.5 Å². The van der Waals surface area contributed by atoms with E-state index in [0.717, 1.165) is 38.5 Å². The third kappa shape index (κ3) is 13.0. The van der Waals surface area contributed by atoms with Gasteiger partial charge < -0.3 is 19.7 Å². The van der Waals surface area contributed by atoms with Crippen LogP contribution in [-0.4, -0.2) is 59.1 Å². The van der Waals surface area contributed by atoms with Gasteiger partial charge in [0.25, 0.3) is 0 Å². The Morgan fingerprint density at radius 3 is 1.07 bits per heavy atom. The van der Waals surface area contributed by atoms with Crippen molar-refractivity contribution in [1.82, 2.24) is 0 Å². The highest BCUT2D eigenvalue weighted by Crippen LogP contribution is 2.50. The van der Waals surface area contributed by atoms with Crippen LogP contribution in [0.1, 0.15) is 134 Å². The van der Waals surface area contributed by atoms with Crippen LogP contribution in [0.5, 0.6) is 0 Å². The number of thioether (sulfide) groups is 1. The summed E-state index contributed by atoms with van der Waals surface area (Å²) in [6.45, 7) is 27.3. The predicted octanol–water partition coefficient (Wildman–Crippen LogP) is 8.56. The summed E-state index contributed by atoms with van der Waals surface area (Å²) in [6.07, 6.45) is 5.67. The van der Waals surface area contributed by atoms with Crippen LogP contribution in [0.3, 0.4) is 0 Å². The highest BCUT2D eigenvalue weighted by Gasteiger charge is 2.47. The van der Waals surface area contributed by atoms with Gasteiger partial charge in [-0.2, -0.15) is 11.8 Å². The molecule has 0 aromatic carbocycles. The monoisotopic (exact) mass is 654 g/mol. The van der Waals surface area contributed by atoms with E-state index < -0.39 is 0 Å². The lowest BCUT2D eigenvalue weighted by atomic mass is 9.58. The Hall–Kier alpha value is -0.790. The Morgan fingerprint density at radius 2 is 0.822 bits per heavy atom. The second-order valence-electron chi connectivity index (χ2n) is 18.7. The summed E-state index contributed by atoms with van der Waals surface area (Å²) < 4.78 is 11.0. The minimum absolute atomic E-state index is 0.0268. The molecule has 0 heterocycles. The molecule has 0 saturated heterocycles. The molecule has 0 aromatic heterocycles. The van der Waals surface area contributed by atoms with Crippen LogP contribution in [0.2, 0.25) is 0 Å². The summed E-state index contributed by atoms with van der Waals surface area (Å²) in [6, 6.07) is 0. The van der Waals surface area contributed by atoms with Gasteiger partial charge in [-0.05, 0) is 95.7 Å². The summed E-state index contributed by atoms with van der Waals surface area (Å²) in [5.74, 6) is 2.82. The number of hydrogen-bond acceptors (Lipinski definition) is 7. The van der Waals surface area contributed by atoms with E-state index in [1.807, 2.05) is 0 Å². The first kappa shape index (κ1) is 40.4. The summed E-state index contributed by atoms with van der Waals surface area (Å²) in [5.41, 5.74) is 0.107. The van der Waals surface area contributed by atoms with Gasteiger partial charge in [-0.15, -0.1) is 0 Å². The highest BCUT2D eigenvalue weighted by molar-refractivity contribution is 7.99. The second kappa shape index (κ2) is 16.5. The molecule has 0 amide bonds. The molecule has 45 heavy (non-hydrogen) atoms. The van der Waals surface area contributed by atoms with Crippen LogP contribution in [0.15, 0.2) is 0 Å². The first-order valence-corrected chi connectivity index (χ1v) is 18.9. The summed E-state index contributed by atoms with van der Waals surface area (Å²) in [7, 11) is 0. The molecular weight excluding hydrogens is 584 g/mol. The maximum Gasteiger partial charge on any atom is 0.305 e. The van der Waals surface area contributed by atoms with Gasteiger partial charge in [-0.1, -0.05) is 83.1 Å². The first-order valence-electron chi connectivity index (χ1n) is 17.8. The van der Waals surface area contributed by atoms with Crippen LogP contribution in [0.4, 0.5) is 0 Å². The molecule has 2 saturated carbocycles. The fourth-order valence-corrected chi connectivity index (χ4v) is 8.61. The zero-order chi connectivity index (χ0) is 34.4. The molecule has 2 N–H and O–H groups in total. The molecule has 0 aliphatic heterocycles. The predicted molar refractivity (Wildman–Crippen MR) is 187 cm³/mol. The number of carbonyl (C=O) groups is 2. The second-order valence-corrected chi connectivity index (χ2v) is 19.9. The molecule has 0 radical (unpaired) electrons. The van der Waals surface area contributed by atoms with Crippen LogP contribution in [-0.2, 0) is 19.1 Å². The lowest BCUT2D eigenvalue weighted by Gasteiger charge is -2.49. The van der Waals surface area contributed by atoms with Gasteiger partial charge in [-0.25, -0.2) is 0 Å². The summed E-state index contributed by atoms with van der Waals surface area (Å²) in [4.78, 5) is 25.0. The van der Waals surface area contributed by atoms with Crippen LogP contribution in [0, 0.1) is 57.2 Å². The summed E-state index contributed by atoms with van der Waals surface area (Å²) in [5, 5.41) is 22.3. The maximum atomic E-state index is 12.5.